The lowest BCUT2D eigenvalue weighted by Gasteiger charge is -2.27. The van der Waals surface area contributed by atoms with Gasteiger partial charge in [-0.05, 0) is 42.7 Å². The number of amides is 1. The second kappa shape index (κ2) is 7.68. The van der Waals surface area contributed by atoms with Crippen molar-refractivity contribution in [3.63, 3.8) is 0 Å². The molecule has 1 amide bonds. The summed E-state index contributed by atoms with van der Waals surface area (Å²) in [7, 11) is 3.20. The molecule has 0 spiro atoms. The lowest BCUT2D eigenvalue weighted by Crippen LogP contribution is -2.23. The minimum atomic E-state index is -0.0313. The molecule has 138 valence electrons. The SMILES string of the molecule is CC[C@H](C)Oc1ccc([C@@H]2CC(=O)Nc3cc(OC)c(OC)cc32)cc1. The van der Waals surface area contributed by atoms with E-state index in [2.05, 4.69) is 19.2 Å². The molecule has 5 nitrogen and oxygen atoms in total. The van der Waals surface area contributed by atoms with Gasteiger partial charge in [-0.15, -0.1) is 0 Å². The third-order valence-electron chi connectivity index (χ3n) is 4.79. The maximum atomic E-state index is 12.2. The van der Waals surface area contributed by atoms with Gasteiger partial charge in [-0.25, -0.2) is 0 Å². The number of rotatable bonds is 6. The van der Waals surface area contributed by atoms with E-state index in [4.69, 9.17) is 14.2 Å². The number of carbonyl (C=O) groups excluding carboxylic acids is 1. The van der Waals surface area contributed by atoms with Crippen LogP contribution in [0.2, 0.25) is 0 Å². The van der Waals surface area contributed by atoms with E-state index in [-0.39, 0.29) is 17.9 Å². The van der Waals surface area contributed by atoms with Crippen LogP contribution < -0.4 is 19.5 Å². The Morgan fingerprint density at radius 1 is 1.12 bits per heavy atom. The van der Waals surface area contributed by atoms with Crippen molar-refractivity contribution in [3.8, 4) is 17.2 Å². The molecule has 0 fully saturated rings. The third-order valence-corrected chi connectivity index (χ3v) is 4.79. The van der Waals surface area contributed by atoms with Gasteiger partial charge in [0, 0.05) is 24.1 Å². The average molecular weight is 355 g/mol. The molecule has 26 heavy (non-hydrogen) atoms. The first-order valence-electron chi connectivity index (χ1n) is 8.88. The molecule has 5 heteroatoms. The molecule has 1 N–H and O–H groups in total. The molecule has 1 aliphatic rings. The van der Waals surface area contributed by atoms with E-state index in [1.807, 2.05) is 36.4 Å². The summed E-state index contributed by atoms with van der Waals surface area (Å²) in [6, 6.07) is 11.8. The average Bonchev–Trinajstić information content (AvgIpc) is 2.66. The van der Waals surface area contributed by atoms with Crippen LogP contribution in [0, 0.1) is 0 Å². The number of nitrogens with one attached hydrogen (secondary N) is 1. The van der Waals surface area contributed by atoms with E-state index in [0.29, 0.717) is 17.9 Å². The first-order valence-corrected chi connectivity index (χ1v) is 8.88. The highest BCUT2D eigenvalue weighted by Gasteiger charge is 2.28. The van der Waals surface area contributed by atoms with Crippen LogP contribution in [0.25, 0.3) is 0 Å². The molecule has 0 unspecified atom stereocenters. The van der Waals surface area contributed by atoms with Crippen LogP contribution in [0.15, 0.2) is 36.4 Å². The highest BCUT2D eigenvalue weighted by Crippen LogP contribution is 2.43. The predicted octanol–water partition coefficient (Wildman–Crippen LogP) is 4.36. The van der Waals surface area contributed by atoms with Crippen molar-refractivity contribution in [2.45, 2.75) is 38.7 Å². The molecule has 0 saturated heterocycles. The molecule has 0 aliphatic carbocycles. The van der Waals surface area contributed by atoms with Gasteiger partial charge >= 0.3 is 0 Å². The van der Waals surface area contributed by atoms with Gasteiger partial charge in [0.2, 0.25) is 5.91 Å². The fraction of sp³-hybridized carbons (Fsp3) is 0.381. The molecular weight excluding hydrogens is 330 g/mol. The Kier molecular flexibility index (Phi) is 5.35. The van der Waals surface area contributed by atoms with Crippen LogP contribution in [0.3, 0.4) is 0 Å². The van der Waals surface area contributed by atoms with Crippen molar-refractivity contribution in [1.29, 1.82) is 0 Å². The Bertz CT molecular complexity index is 785. The molecule has 3 rings (SSSR count). The molecule has 2 atom stereocenters. The Balaban J connectivity index is 1.95. The lowest BCUT2D eigenvalue weighted by molar-refractivity contribution is -0.116. The maximum absolute atomic E-state index is 12.2. The predicted molar refractivity (Wildman–Crippen MR) is 101 cm³/mol. The van der Waals surface area contributed by atoms with Crippen molar-refractivity contribution in [1.82, 2.24) is 0 Å². The summed E-state index contributed by atoms with van der Waals surface area (Å²) in [5.41, 5.74) is 2.87. The fourth-order valence-electron chi connectivity index (χ4n) is 3.18. The highest BCUT2D eigenvalue weighted by atomic mass is 16.5. The van der Waals surface area contributed by atoms with Gasteiger partial charge in [-0.1, -0.05) is 19.1 Å². The first-order chi connectivity index (χ1) is 12.5. The summed E-state index contributed by atoms with van der Waals surface area (Å²) in [4.78, 5) is 12.2. The van der Waals surface area contributed by atoms with E-state index in [1.54, 1.807) is 14.2 Å². The maximum Gasteiger partial charge on any atom is 0.225 e. The molecular formula is C21H25NO4. The van der Waals surface area contributed by atoms with Gasteiger partial charge in [0.05, 0.1) is 20.3 Å². The minimum Gasteiger partial charge on any atom is -0.493 e. The van der Waals surface area contributed by atoms with Gasteiger partial charge in [0.1, 0.15) is 5.75 Å². The minimum absolute atomic E-state index is 0.00495. The summed E-state index contributed by atoms with van der Waals surface area (Å²) < 4.78 is 16.6. The van der Waals surface area contributed by atoms with Crippen molar-refractivity contribution in [2.75, 3.05) is 19.5 Å². The summed E-state index contributed by atoms with van der Waals surface area (Å²) in [6.45, 7) is 4.15. The monoisotopic (exact) mass is 355 g/mol. The molecule has 0 aromatic heterocycles. The quantitative estimate of drug-likeness (QED) is 0.837. The zero-order valence-corrected chi connectivity index (χ0v) is 15.7. The van der Waals surface area contributed by atoms with E-state index >= 15 is 0 Å². The van der Waals surface area contributed by atoms with E-state index < -0.39 is 0 Å². The second-order valence-electron chi connectivity index (χ2n) is 6.51. The van der Waals surface area contributed by atoms with Gasteiger partial charge in [-0.2, -0.15) is 0 Å². The van der Waals surface area contributed by atoms with Gasteiger partial charge in [0.25, 0.3) is 0 Å². The van der Waals surface area contributed by atoms with Crippen LogP contribution in [-0.2, 0) is 4.79 Å². The Labute approximate surface area is 154 Å². The molecule has 2 aromatic rings. The van der Waals surface area contributed by atoms with Gasteiger partial charge < -0.3 is 19.5 Å². The van der Waals surface area contributed by atoms with Crippen molar-refractivity contribution in [2.24, 2.45) is 0 Å². The van der Waals surface area contributed by atoms with Crippen molar-refractivity contribution >= 4 is 11.6 Å². The number of hydrogen-bond donors (Lipinski definition) is 1. The largest absolute Gasteiger partial charge is 0.493 e. The van der Waals surface area contributed by atoms with Crippen LogP contribution >= 0.6 is 0 Å². The lowest BCUT2D eigenvalue weighted by atomic mass is 9.84. The summed E-state index contributed by atoms with van der Waals surface area (Å²) in [5, 5.41) is 2.93. The number of carbonyl (C=O) groups is 1. The van der Waals surface area contributed by atoms with E-state index in [9.17, 15) is 4.79 Å². The third kappa shape index (κ3) is 3.62. The second-order valence-corrected chi connectivity index (χ2v) is 6.51. The zero-order valence-electron chi connectivity index (χ0n) is 15.7. The smallest absolute Gasteiger partial charge is 0.225 e. The Hall–Kier alpha value is -2.69. The molecule has 0 radical (unpaired) electrons. The first kappa shape index (κ1) is 18.1. The van der Waals surface area contributed by atoms with Crippen molar-refractivity contribution in [3.05, 3.63) is 47.5 Å². The van der Waals surface area contributed by atoms with Crippen LogP contribution in [-0.4, -0.2) is 26.2 Å². The molecule has 0 bridgehead atoms. The Morgan fingerprint density at radius 3 is 2.38 bits per heavy atom. The van der Waals surface area contributed by atoms with E-state index in [0.717, 1.165) is 29.0 Å². The zero-order chi connectivity index (χ0) is 18.7. The summed E-state index contributed by atoms with van der Waals surface area (Å²) in [5.74, 6) is 2.07. The summed E-state index contributed by atoms with van der Waals surface area (Å²) in [6.07, 6.45) is 1.53. The Morgan fingerprint density at radius 2 is 1.77 bits per heavy atom. The standard InChI is InChI=1S/C21H25NO4/c1-5-13(2)26-15-8-6-14(7-9-15)16-11-21(23)22-18-12-20(25-4)19(24-3)10-17(16)18/h6-10,12-13,16H,5,11H2,1-4H3,(H,22,23)/t13-,16-/m0/s1. The highest BCUT2D eigenvalue weighted by molar-refractivity contribution is 5.96. The number of benzene rings is 2. The van der Waals surface area contributed by atoms with Crippen LogP contribution in [0.4, 0.5) is 5.69 Å². The van der Waals surface area contributed by atoms with E-state index in [1.165, 1.54) is 0 Å². The molecule has 1 aliphatic heterocycles. The number of fused-ring (bicyclic) bond motifs is 1. The van der Waals surface area contributed by atoms with Crippen molar-refractivity contribution < 1.29 is 19.0 Å². The van der Waals surface area contributed by atoms with Gasteiger partial charge in [-0.3, -0.25) is 4.79 Å². The van der Waals surface area contributed by atoms with Gasteiger partial charge in [0.15, 0.2) is 11.5 Å². The molecule has 1 heterocycles. The number of methoxy groups -OCH3 is 2. The van der Waals surface area contributed by atoms with Crippen LogP contribution in [0.5, 0.6) is 17.2 Å². The summed E-state index contributed by atoms with van der Waals surface area (Å²) >= 11 is 0. The molecule has 2 aromatic carbocycles. The number of ether oxygens (including phenoxy) is 3. The fourth-order valence-corrected chi connectivity index (χ4v) is 3.18. The normalized spacial score (nSPS) is 17.1. The number of hydrogen-bond acceptors (Lipinski definition) is 4. The van der Waals surface area contributed by atoms with Crippen LogP contribution in [0.1, 0.15) is 43.7 Å². The number of anilines is 1. The topological polar surface area (TPSA) is 56.8 Å². The molecule has 0 saturated carbocycles.